The molecule has 0 saturated carbocycles. The first kappa shape index (κ1) is 12.4. The van der Waals surface area contributed by atoms with Crippen LogP contribution in [0.5, 0.6) is 11.5 Å². The molecule has 0 fully saturated rings. The van der Waals surface area contributed by atoms with Crippen molar-refractivity contribution < 1.29 is 14.2 Å². The van der Waals surface area contributed by atoms with Gasteiger partial charge in [-0.25, -0.2) is 9.97 Å². The van der Waals surface area contributed by atoms with E-state index >= 15 is 0 Å². The predicted octanol–water partition coefficient (Wildman–Crippen LogP) is 1.64. The number of hydrogen-bond acceptors (Lipinski definition) is 6. The summed E-state index contributed by atoms with van der Waals surface area (Å²) in [7, 11) is 0. The van der Waals surface area contributed by atoms with Crippen LogP contribution in [0.4, 0.5) is 5.82 Å². The highest BCUT2D eigenvalue weighted by molar-refractivity contribution is 5.44. The van der Waals surface area contributed by atoms with Crippen molar-refractivity contribution in [3.8, 4) is 11.5 Å². The number of rotatable bonds is 1. The minimum absolute atomic E-state index is 0.338. The molecule has 2 aromatic rings. The molecule has 1 unspecified atom stereocenters. The summed E-state index contributed by atoms with van der Waals surface area (Å²) in [4.78, 5) is 8.96. The smallest absolute Gasteiger partial charge is 0.192 e. The molecule has 6 nitrogen and oxygen atoms in total. The normalized spacial score (nSPS) is 19.9. The van der Waals surface area contributed by atoms with Gasteiger partial charge in [-0.05, 0) is 12.1 Å². The topological polar surface area (TPSA) is 79.5 Å². The van der Waals surface area contributed by atoms with Gasteiger partial charge in [0.05, 0.1) is 18.9 Å². The number of ether oxygens (including phenoxy) is 3. The van der Waals surface area contributed by atoms with Gasteiger partial charge in [-0.1, -0.05) is 12.1 Å². The van der Waals surface area contributed by atoms with E-state index in [2.05, 4.69) is 9.97 Å². The molecule has 0 aliphatic carbocycles. The second kappa shape index (κ2) is 4.89. The van der Waals surface area contributed by atoms with E-state index in [1.807, 2.05) is 24.3 Å². The zero-order valence-corrected chi connectivity index (χ0v) is 11.4. The number of nitrogens with zero attached hydrogens (tertiary/aromatic N) is 2. The average Bonchev–Trinajstić information content (AvgIpc) is 2.54. The van der Waals surface area contributed by atoms with Crippen LogP contribution >= 0.6 is 0 Å². The fraction of sp³-hybridized carbons (Fsp3) is 0.333. The molecule has 1 atom stereocenters. The third-order valence-corrected chi connectivity index (χ3v) is 3.67. The molecule has 6 heteroatoms. The van der Waals surface area contributed by atoms with E-state index in [4.69, 9.17) is 19.9 Å². The number of nitrogen functional groups attached to an aromatic ring is 1. The lowest BCUT2D eigenvalue weighted by Crippen LogP contribution is -2.26. The van der Waals surface area contributed by atoms with E-state index < -0.39 is 0 Å². The molecular weight excluding hydrogens is 270 g/mol. The Hall–Kier alpha value is -2.34. The Bertz CT molecular complexity index is 690. The van der Waals surface area contributed by atoms with E-state index in [-0.39, 0.29) is 6.10 Å². The van der Waals surface area contributed by atoms with Crippen molar-refractivity contribution >= 4 is 5.82 Å². The van der Waals surface area contributed by atoms with E-state index in [1.165, 1.54) is 0 Å². The molecule has 21 heavy (non-hydrogen) atoms. The molecule has 3 heterocycles. The average molecular weight is 285 g/mol. The van der Waals surface area contributed by atoms with Crippen molar-refractivity contribution in [2.24, 2.45) is 0 Å². The quantitative estimate of drug-likeness (QED) is 0.858. The molecule has 4 rings (SSSR count). The Morgan fingerprint density at radius 2 is 2.00 bits per heavy atom. The third kappa shape index (κ3) is 2.17. The summed E-state index contributed by atoms with van der Waals surface area (Å²) < 4.78 is 17.0. The van der Waals surface area contributed by atoms with Gasteiger partial charge in [0, 0.05) is 12.0 Å². The van der Waals surface area contributed by atoms with E-state index in [1.54, 1.807) is 0 Å². The van der Waals surface area contributed by atoms with Crippen LogP contribution in [0, 0.1) is 0 Å². The molecule has 2 aliphatic heterocycles. The third-order valence-electron chi connectivity index (χ3n) is 3.67. The van der Waals surface area contributed by atoms with Gasteiger partial charge in [-0.3, -0.25) is 0 Å². The van der Waals surface area contributed by atoms with Crippen molar-refractivity contribution in [2.75, 3.05) is 18.9 Å². The molecule has 0 saturated heterocycles. The van der Waals surface area contributed by atoms with Gasteiger partial charge in [-0.15, -0.1) is 0 Å². The number of fused-ring (bicyclic) bond motifs is 2. The lowest BCUT2D eigenvalue weighted by molar-refractivity contribution is 0.0831. The van der Waals surface area contributed by atoms with Gasteiger partial charge in [-0.2, -0.15) is 0 Å². The number of para-hydroxylation sites is 2. The minimum atomic E-state index is -0.338. The Labute approximate surface area is 121 Å². The van der Waals surface area contributed by atoms with Gasteiger partial charge in [0.2, 0.25) is 0 Å². The maximum atomic E-state index is 6.02. The molecular formula is C15H15N3O3. The maximum absolute atomic E-state index is 6.02. The van der Waals surface area contributed by atoms with Gasteiger partial charge < -0.3 is 19.9 Å². The molecule has 2 N–H and O–H groups in total. The molecule has 0 radical (unpaired) electrons. The predicted molar refractivity (Wildman–Crippen MR) is 75.1 cm³/mol. The Balaban J connectivity index is 1.67. The second-order valence-corrected chi connectivity index (χ2v) is 5.06. The highest BCUT2D eigenvalue weighted by Gasteiger charge is 2.27. The van der Waals surface area contributed by atoms with Crippen molar-refractivity contribution in [3.63, 3.8) is 0 Å². The zero-order valence-electron chi connectivity index (χ0n) is 11.4. The first-order chi connectivity index (χ1) is 10.3. The monoisotopic (exact) mass is 285 g/mol. The van der Waals surface area contributed by atoms with Crippen LogP contribution in [-0.2, 0) is 17.8 Å². The number of benzene rings is 1. The molecule has 1 aromatic carbocycles. The van der Waals surface area contributed by atoms with Gasteiger partial charge in [0.15, 0.2) is 23.4 Å². The minimum Gasteiger partial charge on any atom is -0.485 e. The summed E-state index contributed by atoms with van der Waals surface area (Å²) >= 11 is 0. The van der Waals surface area contributed by atoms with Crippen LogP contribution in [-0.4, -0.2) is 23.2 Å². The first-order valence-electron chi connectivity index (χ1n) is 6.92. The Kier molecular flexibility index (Phi) is 2.89. The van der Waals surface area contributed by atoms with Crippen molar-refractivity contribution in [2.45, 2.75) is 19.1 Å². The molecule has 1 aromatic heterocycles. The summed E-state index contributed by atoms with van der Waals surface area (Å²) in [6.45, 7) is 1.52. The summed E-state index contributed by atoms with van der Waals surface area (Å²) in [5.74, 6) is 2.49. The van der Waals surface area contributed by atoms with Gasteiger partial charge in [0.25, 0.3) is 0 Å². The summed E-state index contributed by atoms with van der Waals surface area (Å²) in [5.41, 5.74) is 7.86. The van der Waals surface area contributed by atoms with Crippen LogP contribution in [0.2, 0.25) is 0 Å². The van der Waals surface area contributed by atoms with E-state index in [9.17, 15) is 0 Å². The molecule has 108 valence electrons. The fourth-order valence-electron chi connectivity index (χ4n) is 2.57. The van der Waals surface area contributed by atoms with Crippen molar-refractivity contribution in [1.29, 1.82) is 0 Å². The first-order valence-corrected chi connectivity index (χ1v) is 6.92. The standard InChI is InChI=1S/C15H15N3O3/c16-14-9-7-19-6-5-10(9)17-15(18-14)13-8-20-11-3-1-2-4-12(11)21-13/h1-4,13H,5-8H2,(H2,16,17,18). The SMILES string of the molecule is Nc1nc(C2COc3ccccc3O2)nc2c1COCC2. The van der Waals surface area contributed by atoms with Gasteiger partial charge in [0.1, 0.15) is 12.4 Å². The number of aromatic nitrogens is 2. The lowest BCUT2D eigenvalue weighted by atomic mass is 10.1. The van der Waals surface area contributed by atoms with Gasteiger partial charge >= 0.3 is 0 Å². The Morgan fingerprint density at radius 3 is 2.90 bits per heavy atom. The summed E-state index contributed by atoms with van der Waals surface area (Å²) in [6.07, 6.45) is 0.412. The van der Waals surface area contributed by atoms with Crippen molar-refractivity contribution in [1.82, 2.24) is 9.97 Å². The summed E-state index contributed by atoms with van der Waals surface area (Å²) in [5, 5.41) is 0. The summed E-state index contributed by atoms with van der Waals surface area (Å²) in [6, 6.07) is 7.57. The van der Waals surface area contributed by atoms with Crippen LogP contribution < -0.4 is 15.2 Å². The number of hydrogen-bond donors (Lipinski definition) is 1. The molecule has 0 amide bonds. The van der Waals surface area contributed by atoms with E-state index in [0.717, 1.165) is 23.4 Å². The fourth-order valence-corrected chi connectivity index (χ4v) is 2.57. The van der Waals surface area contributed by atoms with Crippen LogP contribution in [0.25, 0.3) is 0 Å². The molecule has 0 spiro atoms. The molecule has 2 aliphatic rings. The Morgan fingerprint density at radius 1 is 1.14 bits per heavy atom. The zero-order chi connectivity index (χ0) is 14.2. The van der Waals surface area contributed by atoms with Crippen LogP contribution in [0.3, 0.4) is 0 Å². The lowest BCUT2D eigenvalue weighted by Gasteiger charge is -2.26. The van der Waals surface area contributed by atoms with Crippen molar-refractivity contribution in [3.05, 3.63) is 41.3 Å². The highest BCUT2D eigenvalue weighted by Crippen LogP contribution is 2.35. The second-order valence-electron chi connectivity index (χ2n) is 5.06. The largest absolute Gasteiger partial charge is 0.485 e. The highest BCUT2D eigenvalue weighted by atomic mass is 16.6. The van der Waals surface area contributed by atoms with E-state index in [0.29, 0.717) is 37.2 Å². The number of nitrogens with two attached hydrogens (primary N) is 1. The maximum Gasteiger partial charge on any atom is 0.192 e. The van der Waals surface area contributed by atoms with Crippen LogP contribution in [0.1, 0.15) is 23.2 Å². The number of anilines is 1. The molecule has 0 bridgehead atoms. The van der Waals surface area contributed by atoms with Crippen LogP contribution in [0.15, 0.2) is 24.3 Å².